The van der Waals surface area contributed by atoms with E-state index in [0.717, 1.165) is 6.42 Å². The molecule has 2 rings (SSSR count). The van der Waals surface area contributed by atoms with Gasteiger partial charge in [0, 0.05) is 0 Å². The van der Waals surface area contributed by atoms with Gasteiger partial charge in [0.1, 0.15) is 12.6 Å². The van der Waals surface area contributed by atoms with Crippen molar-refractivity contribution >= 4 is 40.7 Å². The predicted molar refractivity (Wildman–Crippen MR) is 80.2 cm³/mol. The van der Waals surface area contributed by atoms with Crippen LogP contribution >= 0.6 is 23.2 Å². The summed E-state index contributed by atoms with van der Waals surface area (Å²) in [5.41, 5.74) is 0.406. The lowest BCUT2D eigenvalue weighted by Crippen LogP contribution is -2.60. The van der Waals surface area contributed by atoms with E-state index in [0.29, 0.717) is 15.7 Å². The number of hydrogen-bond donors (Lipinski definition) is 1. The molecule has 1 fully saturated rings. The molecule has 4 nitrogen and oxygen atoms in total. The molecule has 0 saturated carbocycles. The Morgan fingerprint density at radius 2 is 1.95 bits per heavy atom. The largest absolute Gasteiger partial charge is 0.342 e. The second kappa shape index (κ2) is 6.02. The lowest BCUT2D eigenvalue weighted by Gasteiger charge is -2.35. The van der Waals surface area contributed by atoms with Crippen LogP contribution in [-0.2, 0) is 9.59 Å². The van der Waals surface area contributed by atoms with E-state index >= 15 is 0 Å². The third kappa shape index (κ3) is 2.76. The van der Waals surface area contributed by atoms with Crippen LogP contribution in [0.15, 0.2) is 18.2 Å². The molecular weight excluding hydrogens is 299 g/mol. The number of nitrogens with zero attached hydrogens (tertiary/aromatic N) is 1. The van der Waals surface area contributed by atoms with Crippen LogP contribution in [0.4, 0.5) is 5.69 Å². The molecule has 0 aromatic heterocycles. The van der Waals surface area contributed by atoms with Gasteiger partial charge in [0.25, 0.3) is 0 Å². The van der Waals surface area contributed by atoms with Gasteiger partial charge in [-0.05, 0) is 18.1 Å². The van der Waals surface area contributed by atoms with Gasteiger partial charge in [-0.3, -0.25) is 14.5 Å². The molecule has 108 valence electrons. The first kappa shape index (κ1) is 15.1. The summed E-state index contributed by atoms with van der Waals surface area (Å²) in [4.78, 5) is 25.8. The number of nitrogens with one attached hydrogen (secondary N) is 1. The van der Waals surface area contributed by atoms with Gasteiger partial charge in [0.15, 0.2) is 0 Å². The first-order valence-electron chi connectivity index (χ1n) is 6.50. The lowest BCUT2D eigenvalue weighted by atomic mass is 9.96. The molecule has 0 radical (unpaired) electrons. The van der Waals surface area contributed by atoms with Gasteiger partial charge in [-0.25, -0.2) is 0 Å². The van der Waals surface area contributed by atoms with Crippen molar-refractivity contribution < 1.29 is 9.59 Å². The van der Waals surface area contributed by atoms with Gasteiger partial charge in [-0.15, -0.1) is 0 Å². The highest BCUT2D eigenvalue weighted by Crippen LogP contribution is 2.35. The van der Waals surface area contributed by atoms with Crippen LogP contribution in [-0.4, -0.2) is 24.4 Å². The summed E-state index contributed by atoms with van der Waals surface area (Å²) in [5.74, 6) is -0.324. The first-order valence-corrected chi connectivity index (χ1v) is 7.26. The quantitative estimate of drug-likeness (QED) is 0.932. The minimum Gasteiger partial charge on any atom is -0.342 e. The van der Waals surface area contributed by atoms with Crippen molar-refractivity contribution in [3.05, 3.63) is 28.2 Å². The summed E-state index contributed by atoms with van der Waals surface area (Å²) in [6, 6.07) is 4.48. The molecule has 1 saturated heterocycles. The zero-order valence-electron chi connectivity index (χ0n) is 11.3. The molecule has 20 heavy (non-hydrogen) atoms. The van der Waals surface area contributed by atoms with Crippen LogP contribution in [0.3, 0.4) is 0 Å². The van der Waals surface area contributed by atoms with Crippen molar-refractivity contribution in [2.45, 2.75) is 26.3 Å². The summed E-state index contributed by atoms with van der Waals surface area (Å²) in [5, 5.41) is 3.47. The maximum Gasteiger partial charge on any atom is 0.250 e. The number of rotatable bonds is 3. The van der Waals surface area contributed by atoms with Crippen molar-refractivity contribution in [2.24, 2.45) is 5.92 Å². The Hall–Kier alpha value is -1.26. The highest BCUT2D eigenvalue weighted by atomic mass is 35.5. The molecule has 1 aromatic carbocycles. The fourth-order valence-corrected chi connectivity index (χ4v) is 2.83. The van der Waals surface area contributed by atoms with Crippen LogP contribution in [0.25, 0.3) is 0 Å². The summed E-state index contributed by atoms with van der Waals surface area (Å²) in [6.07, 6.45) is 0.792. The van der Waals surface area contributed by atoms with Gasteiger partial charge in [0.05, 0.1) is 15.7 Å². The number of piperazine rings is 1. The third-order valence-corrected chi connectivity index (χ3v) is 4.18. The van der Waals surface area contributed by atoms with Gasteiger partial charge < -0.3 is 5.32 Å². The van der Waals surface area contributed by atoms with Crippen LogP contribution in [0.5, 0.6) is 0 Å². The van der Waals surface area contributed by atoms with Gasteiger partial charge in [-0.2, -0.15) is 0 Å². The average Bonchev–Trinajstić information content (AvgIpc) is 2.41. The lowest BCUT2D eigenvalue weighted by molar-refractivity contribution is -0.132. The summed E-state index contributed by atoms with van der Waals surface area (Å²) >= 11 is 12.3. The maximum atomic E-state index is 12.6. The Labute approximate surface area is 128 Å². The number of para-hydroxylation sites is 1. The molecule has 1 aliphatic rings. The molecule has 2 unspecified atom stereocenters. The molecule has 0 aliphatic carbocycles. The monoisotopic (exact) mass is 314 g/mol. The van der Waals surface area contributed by atoms with E-state index in [9.17, 15) is 9.59 Å². The van der Waals surface area contributed by atoms with E-state index in [1.807, 2.05) is 13.8 Å². The van der Waals surface area contributed by atoms with Crippen molar-refractivity contribution in [2.75, 3.05) is 11.4 Å². The standard InChI is InChI=1S/C14H16Cl2N2O2/c1-3-8(2)12-14(20)18(7-11(19)17-12)13-9(15)5-4-6-10(13)16/h4-6,8,12H,3,7H2,1-2H3,(H,17,19). The highest BCUT2D eigenvalue weighted by molar-refractivity contribution is 6.40. The number of carbonyl (C=O) groups is 2. The van der Waals surface area contributed by atoms with Gasteiger partial charge in [0.2, 0.25) is 11.8 Å². The van der Waals surface area contributed by atoms with Crippen molar-refractivity contribution in [1.29, 1.82) is 0 Å². The first-order chi connectivity index (χ1) is 9.45. The number of halogens is 2. The molecular formula is C14H16Cl2N2O2. The summed E-state index contributed by atoms with van der Waals surface area (Å²) in [6.45, 7) is 3.85. The molecule has 0 bridgehead atoms. The molecule has 1 aliphatic heterocycles. The van der Waals surface area contributed by atoms with Crippen molar-refractivity contribution in [1.82, 2.24) is 5.32 Å². The fourth-order valence-electron chi connectivity index (χ4n) is 2.23. The molecule has 2 atom stereocenters. The van der Waals surface area contributed by atoms with E-state index in [2.05, 4.69) is 5.32 Å². The van der Waals surface area contributed by atoms with Gasteiger partial charge >= 0.3 is 0 Å². The van der Waals surface area contributed by atoms with E-state index in [1.54, 1.807) is 18.2 Å². The number of amides is 2. The Morgan fingerprint density at radius 1 is 1.35 bits per heavy atom. The fraction of sp³-hybridized carbons (Fsp3) is 0.429. The van der Waals surface area contributed by atoms with Crippen molar-refractivity contribution in [3.8, 4) is 0 Å². The van der Waals surface area contributed by atoms with Crippen LogP contribution in [0.1, 0.15) is 20.3 Å². The molecule has 6 heteroatoms. The second-order valence-electron chi connectivity index (χ2n) is 4.93. The second-order valence-corrected chi connectivity index (χ2v) is 5.74. The van der Waals surface area contributed by atoms with E-state index < -0.39 is 6.04 Å². The third-order valence-electron chi connectivity index (χ3n) is 3.57. The average molecular weight is 315 g/mol. The van der Waals surface area contributed by atoms with Crippen LogP contribution in [0.2, 0.25) is 10.0 Å². The molecule has 1 aromatic rings. The Bertz CT molecular complexity index is 528. The van der Waals surface area contributed by atoms with E-state index in [-0.39, 0.29) is 24.3 Å². The molecule has 1 N–H and O–H groups in total. The number of hydrogen-bond acceptors (Lipinski definition) is 2. The van der Waals surface area contributed by atoms with E-state index in [1.165, 1.54) is 4.90 Å². The SMILES string of the molecule is CCC(C)C1NC(=O)CN(c2c(Cl)cccc2Cl)C1=O. The smallest absolute Gasteiger partial charge is 0.250 e. The minimum atomic E-state index is -0.534. The number of carbonyl (C=O) groups excluding carboxylic acids is 2. The van der Waals surface area contributed by atoms with Crippen LogP contribution < -0.4 is 10.2 Å². The van der Waals surface area contributed by atoms with Crippen LogP contribution in [0, 0.1) is 5.92 Å². The number of benzene rings is 1. The predicted octanol–water partition coefficient (Wildman–Crippen LogP) is 2.87. The Balaban J connectivity index is 2.40. The van der Waals surface area contributed by atoms with Gasteiger partial charge in [-0.1, -0.05) is 49.5 Å². The van der Waals surface area contributed by atoms with Crippen molar-refractivity contribution in [3.63, 3.8) is 0 Å². The van der Waals surface area contributed by atoms with E-state index in [4.69, 9.17) is 23.2 Å². The molecule has 2 amide bonds. The topological polar surface area (TPSA) is 49.4 Å². The Kier molecular flexibility index (Phi) is 4.55. The number of anilines is 1. The zero-order valence-corrected chi connectivity index (χ0v) is 12.8. The molecule has 1 heterocycles. The minimum absolute atomic E-state index is 0.0514. The molecule has 0 spiro atoms. The highest BCUT2D eigenvalue weighted by Gasteiger charge is 2.37. The zero-order chi connectivity index (χ0) is 14.9. The normalized spacial score (nSPS) is 20.8. The summed E-state index contributed by atoms with van der Waals surface area (Å²) < 4.78 is 0. The maximum absolute atomic E-state index is 12.6. The summed E-state index contributed by atoms with van der Waals surface area (Å²) in [7, 11) is 0. The Morgan fingerprint density at radius 3 is 2.50 bits per heavy atom.